The summed E-state index contributed by atoms with van der Waals surface area (Å²) in [5.74, 6) is 0.351. The first kappa shape index (κ1) is 16.7. The molecule has 2 aromatic heterocycles. The highest BCUT2D eigenvalue weighted by atomic mass is 35.5. The van der Waals surface area contributed by atoms with E-state index in [4.69, 9.17) is 16.3 Å². The van der Waals surface area contributed by atoms with Gasteiger partial charge in [-0.25, -0.2) is 9.78 Å². The highest BCUT2D eigenvalue weighted by Crippen LogP contribution is 2.23. The number of carbonyl (C=O) groups excluding carboxylic acids is 1. The molecule has 1 aliphatic rings. The van der Waals surface area contributed by atoms with E-state index in [0.29, 0.717) is 28.8 Å². The van der Waals surface area contributed by atoms with Crippen molar-refractivity contribution >= 4 is 34.3 Å². The third-order valence-corrected chi connectivity index (χ3v) is 4.65. The Bertz CT molecular complexity index is 979. The number of pyridine rings is 1. The van der Waals surface area contributed by atoms with Crippen LogP contribution >= 0.6 is 11.6 Å². The molecule has 3 heterocycles. The third kappa shape index (κ3) is 3.32. The van der Waals surface area contributed by atoms with Gasteiger partial charge in [0.15, 0.2) is 0 Å². The Hall–Kier alpha value is -2.73. The Labute approximate surface area is 155 Å². The van der Waals surface area contributed by atoms with Gasteiger partial charge in [0, 0.05) is 18.4 Å². The summed E-state index contributed by atoms with van der Waals surface area (Å²) in [6.07, 6.45) is 3.69. The van der Waals surface area contributed by atoms with E-state index in [0.717, 1.165) is 23.9 Å². The molecule has 0 N–H and O–H groups in total. The van der Waals surface area contributed by atoms with Crippen LogP contribution in [0.1, 0.15) is 22.5 Å². The lowest BCUT2D eigenvalue weighted by atomic mass is 10.1. The fourth-order valence-corrected chi connectivity index (χ4v) is 3.29. The maximum absolute atomic E-state index is 12.6. The summed E-state index contributed by atoms with van der Waals surface area (Å²) >= 11 is 5.90. The lowest BCUT2D eigenvalue weighted by Gasteiger charge is -2.17. The largest absolute Gasteiger partial charge is 0.457 e. The molecule has 0 unspecified atom stereocenters. The lowest BCUT2D eigenvalue weighted by molar-refractivity contribution is 0.0346. The molecule has 1 fully saturated rings. The van der Waals surface area contributed by atoms with Crippen LogP contribution in [0.4, 0.5) is 5.82 Å². The number of para-hydroxylation sites is 1. The van der Waals surface area contributed by atoms with Crippen LogP contribution in [0.3, 0.4) is 0 Å². The minimum Gasteiger partial charge on any atom is -0.457 e. The maximum atomic E-state index is 12.6. The molecule has 132 valence electrons. The first-order chi connectivity index (χ1) is 12.6. The van der Waals surface area contributed by atoms with Gasteiger partial charge in [-0.05, 0) is 19.1 Å². The number of nitrogens with zero attached hydrogens (tertiary/aromatic N) is 4. The maximum Gasteiger partial charge on any atom is 0.340 e. The third-order valence-electron chi connectivity index (χ3n) is 4.47. The van der Waals surface area contributed by atoms with Crippen molar-refractivity contribution in [3.05, 3.63) is 59.1 Å². The fourth-order valence-electron chi connectivity index (χ4n) is 3.15. The fraction of sp³-hybridized carbons (Fsp3) is 0.263. The zero-order chi connectivity index (χ0) is 18.1. The minimum atomic E-state index is -0.343. The first-order valence-corrected chi connectivity index (χ1v) is 8.78. The van der Waals surface area contributed by atoms with Crippen molar-refractivity contribution in [2.75, 3.05) is 18.0 Å². The zero-order valence-electron chi connectivity index (χ0n) is 14.2. The number of hydrogen-bond acceptors (Lipinski definition) is 6. The van der Waals surface area contributed by atoms with Crippen molar-refractivity contribution in [2.24, 2.45) is 0 Å². The molecule has 0 spiro atoms. The molecule has 1 aliphatic heterocycles. The summed E-state index contributed by atoms with van der Waals surface area (Å²) in [5.41, 5.74) is 2.04. The van der Waals surface area contributed by atoms with Crippen LogP contribution in [-0.2, 0) is 4.74 Å². The number of aromatic nitrogens is 3. The second kappa shape index (κ2) is 6.88. The number of esters is 1. The number of anilines is 1. The molecule has 0 bridgehead atoms. The number of rotatable bonds is 3. The number of ether oxygens (including phenoxy) is 1. The molecular formula is C19H17ClN4O2. The van der Waals surface area contributed by atoms with Gasteiger partial charge in [-0.15, -0.1) is 0 Å². The molecule has 4 rings (SSSR count). The van der Waals surface area contributed by atoms with Crippen molar-refractivity contribution < 1.29 is 9.53 Å². The topological polar surface area (TPSA) is 68.2 Å². The zero-order valence-corrected chi connectivity index (χ0v) is 15.0. The average molecular weight is 369 g/mol. The van der Waals surface area contributed by atoms with Gasteiger partial charge in [-0.3, -0.25) is 9.97 Å². The molecule has 0 saturated carbocycles. The molecule has 0 aliphatic carbocycles. The average Bonchev–Trinajstić information content (AvgIpc) is 3.09. The van der Waals surface area contributed by atoms with E-state index in [-0.39, 0.29) is 12.1 Å². The molecule has 26 heavy (non-hydrogen) atoms. The molecule has 0 radical (unpaired) electrons. The summed E-state index contributed by atoms with van der Waals surface area (Å²) in [5, 5.41) is 1.27. The second-order valence-electron chi connectivity index (χ2n) is 6.28. The van der Waals surface area contributed by atoms with Crippen molar-refractivity contribution in [2.45, 2.75) is 19.4 Å². The number of benzene rings is 1. The van der Waals surface area contributed by atoms with Gasteiger partial charge < -0.3 is 9.64 Å². The number of aryl methyl sites for hydroxylation is 1. The SMILES string of the molecule is Cc1nc2ccccc2cc1C(=O)O[C@H]1CCN(c2cncc(Cl)n2)C1. The number of carbonyl (C=O) groups is 1. The Morgan fingerprint density at radius 3 is 2.96 bits per heavy atom. The van der Waals surface area contributed by atoms with E-state index in [2.05, 4.69) is 15.0 Å². The number of fused-ring (bicyclic) bond motifs is 1. The van der Waals surface area contributed by atoms with Crippen LogP contribution in [0.25, 0.3) is 10.9 Å². The first-order valence-electron chi connectivity index (χ1n) is 8.40. The Morgan fingerprint density at radius 1 is 1.27 bits per heavy atom. The molecule has 1 atom stereocenters. The minimum absolute atomic E-state index is 0.200. The second-order valence-corrected chi connectivity index (χ2v) is 6.66. The summed E-state index contributed by atoms with van der Waals surface area (Å²) in [7, 11) is 0. The van der Waals surface area contributed by atoms with E-state index >= 15 is 0 Å². The predicted octanol–water partition coefficient (Wildman–Crippen LogP) is 3.42. The van der Waals surface area contributed by atoms with Crippen molar-refractivity contribution in [1.82, 2.24) is 15.0 Å². The van der Waals surface area contributed by atoms with Crippen LogP contribution in [0.5, 0.6) is 0 Å². The highest BCUT2D eigenvalue weighted by molar-refractivity contribution is 6.29. The molecule has 7 heteroatoms. The van der Waals surface area contributed by atoms with E-state index in [9.17, 15) is 4.79 Å². The smallest absolute Gasteiger partial charge is 0.340 e. The van der Waals surface area contributed by atoms with Gasteiger partial charge in [-0.1, -0.05) is 29.8 Å². The van der Waals surface area contributed by atoms with E-state index in [1.54, 1.807) is 6.20 Å². The summed E-state index contributed by atoms with van der Waals surface area (Å²) < 4.78 is 5.71. The van der Waals surface area contributed by atoms with E-state index in [1.807, 2.05) is 42.2 Å². The highest BCUT2D eigenvalue weighted by Gasteiger charge is 2.28. The molecular weight excluding hydrogens is 352 g/mol. The van der Waals surface area contributed by atoms with Crippen molar-refractivity contribution in [3.63, 3.8) is 0 Å². The van der Waals surface area contributed by atoms with Gasteiger partial charge in [0.05, 0.1) is 35.7 Å². The van der Waals surface area contributed by atoms with Gasteiger partial charge >= 0.3 is 5.97 Å². The van der Waals surface area contributed by atoms with Crippen LogP contribution in [-0.4, -0.2) is 40.1 Å². The van der Waals surface area contributed by atoms with Crippen LogP contribution in [0.15, 0.2) is 42.7 Å². The number of halogens is 1. The summed E-state index contributed by atoms with van der Waals surface area (Å²) in [6, 6.07) is 9.56. The van der Waals surface area contributed by atoms with Crippen molar-refractivity contribution in [1.29, 1.82) is 0 Å². The van der Waals surface area contributed by atoms with Gasteiger partial charge in [0.2, 0.25) is 0 Å². The molecule has 3 aromatic rings. The molecule has 6 nitrogen and oxygen atoms in total. The van der Waals surface area contributed by atoms with Crippen LogP contribution < -0.4 is 4.90 Å². The molecule has 1 aromatic carbocycles. The molecule has 1 saturated heterocycles. The van der Waals surface area contributed by atoms with Gasteiger partial charge in [0.25, 0.3) is 0 Å². The number of hydrogen-bond donors (Lipinski definition) is 0. The van der Waals surface area contributed by atoms with E-state index in [1.165, 1.54) is 6.20 Å². The predicted molar refractivity (Wildman–Crippen MR) is 99.6 cm³/mol. The standard InChI is InChI=1S/C19H17ClN4O2/c1-12-15(8-13-4-2-3-5-16(13)22-12)19(25)26-14-6-7-24(11-14)18-10-21-9-17(20)23-18/h2-5,8-10,14H,6-7,11H2,1H3/t14-/m0/s1. The van der Waals surface area contributed by atoms with Gasteiger partial charge in [-0.2, -0.15) is 0 Å². The lowest BCUT2D eigenvalue weighted by Crippen LogP contribution is -2.25. The Balaban J connectivity index is 1.48. The quantitative estimate of drug-likeness (QED) is 0.660. The Morgan fingerprint density at radius 2 is 2.12 bits per heavy atom. The summed E-state index contributed by atoms with van der Waals surface area (Å²) in [6.45, 7) is 3.13. The molecule has 0 amide bonds. The monoisotopic (exact) mass is 368 g/mol. The van der Waals surface area contributed by atoms with Crippen molar-refractivity contribution in [3.8, 4) is 0 Å². The van der Waals surface area contributed by atoms with Gasteiger partial charge in [0.1, 0.15) is 17.1 Å². The summed E-state index contributed by atoms with van der Waals surface area (Å²) in [4.78, 5) is 27.5. The van der Waals surface area contributed by atoms with Crippen LogP contribution in [0, 0.1) is 6.92 Å². The van der Waals surface area contributed by atoms with E-state index < -0.39 is 0 Å². The Kier molecular flexibility index (Phi) is 4.42. The van der Waals surface area contributed by atoms with Crippen LogP contribution in [0.2, 0.25) is 5.15 Å². The normalized spacial score (nSPS) is 16.8.